The van der Waals surface area contributed by atoms with E-state index >= 15 is 0 Å². The van der Waals surface area contributed by atoms with Gasteiger partial charge in [-0.15, -0.1) is 0 Å². The van der Waals surface area contributed by atoms with Gasteiger partial charge in [-0.3, -0.25) is 0 Å². The molecule has 0 saturated heterocycles. The lowest BCUT2D eigenvalue weighted by Crippen LogP contribution is -2.29. The number of anilines is 1. The van der Waals surface area contributed by atoms with Gasteiger partial charge in [-0.1, -0.05) is 36.4 Å². The quantitative estimate of drug-likeness (QED) is 0.630. The van der Waals surface area contributed by atoms with Crippen molar-refractivity contribution in [1.29, 1.82) is 0 Å². The van der Waals surface area contributed by atoms with E-state index in [2.05, 4.69) is 21.6 Å². The molecule has 0 aliphatic rings. The van der Waals surface area contributed by atoms with E-state index in [1.807, 2.05) is 56.6 Å². The fourth-order valence-electron chi connectivity index (χ4n) is 2.65. The van der Waals surface area contributed by atoms with Crippen LogP contribution in [0.3, 0.4) is 0 Å². The summed E-state index contributed by atoms with van der Waals surface area (Å²) in [5.74, 6) is 0. The van der Waals surface area contributed by atoms with Gasteiger partial charge in [-0.25, -0.2) is 4.79 Å². The van der Waals surface area contributed by atoms with E-state index < -0.39 is 0 Å². The molecule has 2 N–H and O–H groups in total. The van der Waals surface area contributed by atoms with E-state index in [1.165, 1.54) is 5.56 Å². The molecule has 146 valence electrons. The van der Waals surface area contributed by atoms with Crippen LogP contribution in [0.5, 0.6) is 0 Å². The molecule has 0 fully saturated rings. The van der Waals surface area contributed by atoms with Gasteiger partial charge >= 0.3 is 6.03 Å². The van der Waals surface area contributed by atoms with E-state index in [4.69, 9.17) is 9.47 Å². The van der Waals surface area contributed by atoms with E-state index in [9.17, 15) is 4.79 Å². The van der Waals surface area contributed by atoms with Crippen LogP contribution in [0.15, 0.2) is 48.5 Å². The largest absolute Gasteiger partial charge is 0.382 e. The van der Waals surface area contributed by atoms with E-state index in [1.54, 1.807) is 7.11 Å². The monoisotopic (exact) mass is 371 g/mol. The van der Waals surface area contributed by atoms with Crippen LogP contribution < -0.4 is 10.6 Å². The van der Waals surface area contributed by atoms with Crippen LogP contribution in [0.25, 0.3) is 0 Å². The molecular weight excluding hydrogens is 342 g/mol. The molecule has 0 unspecified atom stereocenters. The van der Waals surface area contributed by atoms with Gasteiger partial charge in [0.2, 0.25) is 0 Å². The maximum atomic E-state index is 12.2. The molecule has 0 spiro atoms. The highest BCUT2D eigenvalue weighted by Gasteiger charge is 2.06. The Labute approximate surface area is 161 Å². The first-order valence-electron chi connectivity index (χ1n) is 9.00. The molecule has 0 atom stereocenters. The second-order valence-corrected chi connectivity index (χ2v) is 6.56. The summed E-state index contributed by atoms with van der Waals surface area (Å²) in [7, 11) is 5.71. The van der Waals surface area contributed by atoms with Crippen LogP contribution >= 0.6 is 0 Å². The van der Waals surface area contributed by atoms with Gasteiger partial charge in [0.15, 0.2) is 0 Å². The van der Waals surface area contributed by atoms with Gasteiger partial charge in [-0.05, 0) is 42.9 Å². The Balaban J connectivity index is 1.86. The second-order valence-electron chi connectivity index (χ2n) is 6.56. The SMILES string of the molecule is COCCOCc1cccc(NC(=O)NCc2ccccc2CN(C)C)c1. The Bertz CT molecular complexity index is 719. The summed E-state index contributed by atoms with van der Waals surface area (Å²) in [4.78, 5) is 14.4. The number of nitrogens with one attached hydrogen (secondary N) is 2. The first-order chi connectivity index (χ1) is 13.1. The van der Waals surface area contributed by atoms with Crippen LogP contribution in [0.2, 0.25) is 0 Å². The number of ether oxygens (including phenoxy) is 2. The smallest absolute Gasteiger partial charge is 0.319 e. The number of methoxy groups -OCH3 is 1. The Hall–Kier alpha value is -2.41. The topological polar surface area (TPSA) is 62.8 Å². The molecule has 0 aliphatic carbocycles. The molecule has 0 saturated carbocycles. The van der Waals surface area contributed by atoms with Crippen molar-refractivity contribution in [2.75, 3.05) is 39.7 Å². The Kier molecular flexibility index (Phi) is 8.77. The summed E-state index contributed by atoms with van der Waals surface area (Å²) >= 11 is 0. The lowest BCUT2D eigenvalue weighted by Gasteiger charge is -2.15. The number of rotatable bonds is 10. The van der Waals surface area contributed by atoms with Gasteiger partial charge < -0.3 is 25.0 Å². The van der Waals surface area contributed by atoms with Crippen molar-refractivity contribution >= 4 is 11.7 Å². The van der Waals surface area contributed by atoms with Crippen molar-refractivity contribution in [2.45, 2.75) is 19.7 Å². The third-order valence-electron chi connectivity index (χ3n) is 3.93. The number of hydrogen-bond donors (Lipinski definition) is 2. The molecule has 2 aromatic rings. The van der Waals surface area contributed by atoms with Crippen molar-refractivity contribution in [3.63, 3.8) is 0 Å². The lowest BCUT2D eigenvalue weighted by atomic mass is 10.1. The van der Waals surface area contributed by atoms with Gasteiger partial charge in [0.25, 0.3) is 0 Å². The molecule has 0 radical (unpaired) electrons. The van der Waals surface area contributed by atoms with Gasteiger partial charge in [0, 0.05) is 25.9 Å². The summed E-state index contributed by atoms with van der Waals surface area (Å²) in [5, 5.41) is 5.80. The predicted octanol–water partition coefficient (Wildman–Crippen LogP) is 3.23. The molecule has 2 rings (SSSR count). The minimum atomic E-state index is -0.230. The molecule has 2 amide bonds. The summed E-state index contributed by atoms with van der Waals surface area (Å²) in [5.41, 5.74) is 4.06. The average molecular weight is 371 g/mol. The number of urea groups is 1. The van der Waals surface area contributed by atoms with Crippen molar-refractivity contribution < 1.29 is 14.3 Å². The average Bonchev–Trinajstić information content (AvgIpc) is 2.64. The second kappa shape index (κ2) is 11.3. The highest BCUT2D eigenvalue weighted by Crippen LogP contribution is 2.13. The molecular formula is C21H29N3O3. The molecule has 2 aromatic carbocycles. The number of carbonyl (C=O) groups excluding carboxylic acids is 1. The maximum absolute atomic E-state index is 12.2. The normalized spacial score (nSPS) is 10.8. The summed E-state index contributed by atoms with van der Waals surface area (Å²) in [6.45, 7) is 2.91. The van der Waals surface area contributed by atoms with Crippen LogP contribution in [-0.2, 0) is 29.2 Å². The zero-order valence-corrected chi connectivity index (χ0v) is 16.3. The summed E-state index contributed by atoms with van der Waals surface area (Å²) in [6.07, 6.45) is 0. The lowest BCUT2D eigenvalue weighted by molar-refractivity contribution is 0.0617. The van der Waals surface area contributed by atoms with Crippen molar-refractivity contribution in [3.05, 3.63) is 65.2 Å². The van der Waals surface area contributed by atoms with Crippen molar-refractivity contribution in [1.82, 2.24) is 10.2 Å². The van der Waals surface area contributed by atoms with E-state index in [0.717, 1.165) is 23.4 Å². The minimum absolute atomic E-state index is 0.230. The van der Waals surface area contributed by atoms with Crippen molar-refractivity contribution in [3.8, 4) is 0 Å². The Morgan fingerprint density at radius 3 is 2.56 bits per heavy atom. The van der Waals surface area contributed by atoms with Crippen molar-refractivity contribution in [2.24, 2.45) is 0 Å². The Morgan fingerprint density at radius 2 is 1.81 bits per heavy atom. The zero-order valence-electron chi connectivity index (χ0n) is 16.3. The standard InChI is InChI=1S/C21H29N3O3/c1-24(2)15-19-9-5-4-8-18(19)14-22-21(25)23-20-10-6-7-17(13-20)16-27-12-11-26-3/h4-10,13H,11-12,14-16H2,1-3H3,(H2,22,23,25). The number of hydrogen-bond acceptors (Lipinski definition) is 4. The number of amides is 2. The molecule has 0 heterocycles. The van der Waals surface area contributed by atoms with Crippen LogP contribution in [0.4, 0.5) is 10.5 Å². The predicted molar refractivity (Wildman–Crippen MR) is 108 cm³/mol. The number of nitrogens with zero attached hydrogens (tertiary/aromatic N) is 1. The van der Waals surface area contributed by atoms with Crippen LogP contribution in [0.1, 0.15) is 16.7 Å². The number of carbonyl (C=O) groups is 1. The van der Waals surface area contributed by atoms with Gasteiger partial charge in [0.1, 0.15) is 0 Å². The Morgan fingerprint density at radius 1 is 1.04 bits per heavy atom. The van der Waals surface area contributed by atoms with Gasteiger partial charge in [-0.2, -0.15) is 0 Å². The fraction of sp³-hybridized carbons (Fsp3) is 0.381. The molecule has 6 nitrogen and oxygen atoms in total. The fourth-order valence-corrected chi connectivity index (χ4v) is 2.65. The first kappa shape index (κ1) is 20.9. The van der Waals surface area contributed by atoms with Crippen LogP contribution in [-0.4, -0.2) is 45.3 Å². The minimum Gasteiger partial charge on any atom is -0.382 e. The third-order valence-corrected chi connectivity index (χ3v) is 3.93. The summed E-state index contributed by atoms with van der Waals surface area (Å²) in [6, 6.07) is 15.5. The molecule has 0 bridgehead atoms. The molecule has 0 aromatic heterocycles. The highest BCUT2D eigenvalue weighted by molar-refractivity contribution is 5.89. The molecule has 0 aliphatic heterocycles. The first-order valence-corrected chi connectivity index (χ1v) is 9.00. The highest BCUT2D eigenvalue weighted by atomic mass is 16.5. The molecule has 27 heavy (non-hydrogen) atoms. The van der Waals surface area contributed by atoms with Crippen LogP contribution in [0, 0.1) is 0 Å². The number of benzene rings is 2. The molecule has 6 heteroatoms. The van der Waals surface area contributed by atoms with Gasteiger partial charge in [0.05, 0.1) is 19.8 Å². The van der Waals surface area contributed by atoms with E-state index in [0.29, 0.717) is 26.4 Å². The maximum Gasteiger partial charge on any atom is 0.319 e. The zero-order chi connectivity index (χ0) is 19.5. The summed E-state index contributed by atoms with van der Waals surface area (Å²) < 4.78 is 10.5. The van der Waals surface area contributed by atoms with E-state index in [-0.39, 0.29) is 6.03 Å². The third kappa shape index (κ3) is 7.78.